The SMILES string of the molecule is CC(NCC(C(C)C)N(C)C)c1ccc(C#N)cc1. The van der Waals surface area contributed by atoms with Gasteiger partial charge in [-0.2, -0.15) is 5.26 Å². The molecular formula is C16H25N3. The van der Waals surface area contributed by atoms with Gasteiger partial charge in [0.25, 0.3) is 0 Å². The van der Waals surface area contributed by atoms with Crippen molar-refractivity contribution in [2.45, 2.75) is 32.9 Å². The highest BCUT2D eigenvalue weighted by molar-refractivity contribution is 5.32. The summed E-state index contributed by atoms with van der Waals surface area (Å²) in [6.45, 7) is 7.62. The van der Waals surface area contributed by atoms with Crippen LogP contribution in [0.15, 0.2) is 24.3 Å². The molecule has 1 aromatic rings. The van der Waals surface area contributed by atoms with Crippen molar-refractivity contribution in [1.82, 2.24) is 10.2 Å². The summed E-state index contributed by atoms with van der Waals surface area (Å²) in [6, 6.07) is 10.8. The van der Waals surface area contributed by atoms with E-state index in [1.165, 1.54) is 5.56 Å². The van der Waals surface area contributed by atoms with Crippen molar-refractivity contribution >= 4 is 0 Å². The monoisotopic (exact) mass is 259 g/mol. The summed E-state index contributed by atoms with van der Waals surface area (Å²) in [5, 5.41) is 12.4. The maximum atomic E-state index is 8.79. The Hall–Kier alpha value is -1.37. The number of benzene rings is 1. The molecule has 0 fully saturated rings. The minimum Gasteiger partial charge on any atom is -0.309 e. The van der Waals surface area contributed by atoms with Crippen LogP contribution in [0.3, 0.4) is 0 Å². The van der Waals surface area contributed by atoms with E-state index < -0.39 is 0 Å². The van der Waals surface area contributed by atoms with E-state index in [-0.39, 0.29) is 0 Å². The number of nitriles is 1. The Balaban J connectivity index is 2.59. The Morgan fingerprint density at radius 3 is 2.16 bits per heavy atom. The third-order valence-corrected chi connectivity index (χ3v) is 3.61. The van der Waals surface area contributed by atoms with E-state index in [1.807, 2.05) is 24.3 Å². The van der Waals surface area contributed by atoms with E-state index in [9.17, 15) is 0 Å². The molecule has 3 nitrogen and oxygen atoms in total. The molecule has 1 rings (SSSR count). The van der Waals surface area contributed by atoms with Gasteiger partial charge in [-0.3, -0.25) is 0 Å². The molecule has 0 aliphatic heterocycles. The van der Waals surface area contributed by atoms with Gasteiger partial charge in [0, 0.05) is 18.6 Å². The van der Waals surface area contributed by atoms with Crippen molar-refractivity contribution in [3.63, 3.8) is 0 Å². The van der Waals surface area contributed by atoms with Crippen LogP contribution in [0, 0.1) is 17.2 Å². The number of hydrogen-bond acceptors (Lipinski definition) is 3. The topological polar surface area (TPSA) is 39.1 Å². The smallest absolute Gasteiger partial charge is 0.0991 e. The molecule has 0 saturated carbocycles. The summed E-state index contributed by atoms with van der Waals surface area (Å²) < 4.78 is 0. The zero-order valence-electron chi connectivity index (χ0n) is 12.6. The molecule has 3 heteroatoms. The van der Waals surface area contributed by atoms with Crippen molar-refractivity contribution < 1.29 is 0 Å². The van der Waals surface area contributed by atoms with Crippen LogP contribution in [0.5, 0.6) is 0 Å². The summed E-state index contributed by atoms with van der Waals surface area (Å²) in [4.78, 5) is 2.27. The number of nitrogens with zero attached hydrogens (tertiary/aromatic N) is 2. The van der Waals surface area contributed by atoms with Gasteiger partial charge in [0.1, 0.15) is 0 Å². The van der Waals surface area contributed by atoms with Gasteiger partial charge >= 0.3 is 0 Å². The first kappa shape index (κ1) is 15.7. The van der Waals surface area contributed by atoms with Crippen LogP contribution >= 0.6 is 0 Å². The van der Waals surface area contributed by atoms with Gasteiger partial charge in [-0.1, -0.05) is 26.0 Å². The Morgan fingerprint density at radius 2 is 1.74 bits per heavy atom. The highest BCUT2D eigenvalue weighted by Gasteiger charge is 2.16. The predicted octanol–water partition coefficient (Wildman–Crippen LogP) is 2.80. The number of hydrogen-bond donors (Lipinski definition) is 1. The zero-order valence-corrected chi connectivity index (χ0v) is 12.6. The second-order valence-electron chi connectivity index (χ2n) is 5.64. The highest BCUT2D eigenvalue weighted by Crippen LogP contribution is 2.14. The molecule has 0 aliphatic carbocycles. The quantitative estimate of drug-likeness (QED) is 0.854. The molecule has 0 amide bonds. The minimum absolute atomic E-state index is 0.300. The molecule has 0 spiro atoms. The Labute approximate surface area is 117 Å². The third-order valence-electron chi connectivity index (χ3n) is 3.61. The van der Waals surface area contributed by atoms with E-state index in [0.717, 1.165) is 6.54 Å². The van der Waals surface area contributed by atoms with Crippen LogP contribution in [0.1, 0.15) is 37.9 Å². The lowest BCUT2D eigenvalue weighted by Gasteiger charge is -2.29. The lowest BCUT2D eigenvalue weighted by molar-refractivity contribution is 0.220. The molecule has 0 saturated heterocycles. The van der Waals surface area contributed by atoms with E-state index in [4.69, 9.17) is 5.26 Å². The van der Waals surface area contributed by atoms with Crippen molar-refractivity contribution in [2.24, 2.45) is 5.92 Å². The number of rotatable bonds is 6. The fourth-order valence-corrected chi connectivity index (χ4v) is 2.28. The lowest BCUT2D eigenvalue weighted by Crippen LogP contribution is -2.42. The van der Waals surface area contributed by atoms with Crippen molar-refractivity contribution in [3.8, 4) is 6.07 Å². The largest absolute Gasteiger partial charge is 0.309 e. The molecule has 2 atom stereocenters. The Bertz CT molecular complexity index is 407. The maximum absolute atomic E-state index is 8.79. The molecule has 0 aliphatic rings. The highest BCUT2D eigenvalue weighted by atomic mass is 15.1. The van der Waals surface area contributed by atoms with Crippen LogP contribution < -0.4 is 5.32 Å². The van der Waals surface area contributed by atoms with Gasteiger partial charge in [-0.25, -0.2) is 0 Å². The summed E-state index contributed by atoms with van der Waals surface area (Å²) in [6.07, 6.45) is 0. The van der Waals surface area contributed by atoms with Gasteiger partial charge in [-0.05, 0) is 44.6 Å². The van der Waals surface area contributed by atoms with Gasteiger partial charge in [-0.15, -0.1) is 0 Å². The van der Waals surface area contributed by atoms with Gasteiger partial charge < -0.3 is 10.2 Å². The number of nitrogens with one attached hydrogen (secondary N) is 1. The van der Waals surface area contributed by atoms with E-state index in [2.05, 4.69) is 51.2 Å². The second-order valence-corrected chi connectivity index (χ2v) is 5.64. The van der Waals surface area contributed by atoms with Crippen LogP contribution in [0.2, 0.25) is 0 Å². The first-order valence-corrected chi connectivity index (χ1v) is 6.85. The van der Waals surface area contributed by atoms with Gasteiger partial charge in [0.2, 0.25) is 0 Å². The molecule has 104 valence electrons. The van der Waals surface area contributed by atoms with Crippen LogP contribution in [0.25, 0.3) is 0 Å². The van der Waals surface area contributed by atoms with E-state index in [0.29, 0.717) is 23.6 Å². The van der Waals surface area contributed by atoms with E-state index in [1.54, 1.807) is 0 Å². The first-order valence-electron chi connectivity index (χ1n) is 6.85. The fourth-order valence-electron chi connectivity index (χ4n) is 2.28. The average Bonchev–Trinajstić information content (AvgIpc) is 2.38. The van der Waals surface area contributed by atoms with Crippen molar-refractivity contribution in [2.75, 3.05) is 20.6 Å². The zero-order chi connectivity index (χ0) is 14.4. The molecule has 0 heterocycles. The second kappa shape index (κ2) is 7.28. The van der Waals surface area contributed by atoms with E-state index >= 15 is 0 Å². The fraction of sp³-hybridized carbons (Fsp3) is 0.562. The molecular weight excluding hydrogens is 234 g/mol. The van der Waals surface area contributed by atoms with Crippen LogP contribution in [0.4, 0.5) is 0 Å². The molecule has 19 heavy (non-hydrogen) atoms. The first-order chi connectivity index (χ1) is 8.95. The Morgan fingerprint density at radius 1 is 1.16 bits per heavy atom. The molecule has 2 unspecified atom stereocenters. The van der Waals surface area contributed by atoms with Gasteiger partial charge in [0.05, 0.1) is 11.6 Å². The van der Waals surface area contributed by atoms with Crippen LogP contribution in [-0.2, 0) is 0 Å². The van der Waals surface area contributed by atoms with Gasteiger partial charge in [0.15, 0.2) is 0 Å². The maximum Gasteiger partial charge on any atom is 0.0991 e. The average molecular weight is 259 g/mol. The van der Waals surface area contributed by atoms with Crippen LogP contribution in [-0.4, -0.2) is 31.6 Å². The van der Waals surface area contributed by atoms with Crippen molar-refractivity contribution in [1.29, 1.82) is 5.26 Å². The Kier molecular flexibility index (Phi) is 6.01. The molecule has 0 aromatic heterocycles. The normalized spacial score (nSPS) is 14.4. The predicted molar refractivity (Wildman–Crippen MR) is 79.9 cm³/mol. The summed E-state index contributed by atoms with van der Waals surface area (Å²) in [5.74, 6) is 0.621. The molecule has 1 aromatic carbocycles. The summed E-state index contributed by atoms with van der Waals surface area (Å²) >= 11 is 0. The number of likely N-dealkylation sites (N-methyl/N-ethyl adjacent to an activating group) is 1. The third kappa shape index (κ3) is 4.66. The molecule has 1 N–H and O–H groups in total. The molecule has 0 bridgehead atoms. The summed E-state index contributed by atoms with van der Waals surface area (Å²) in [7, 11) is 4.25. The summed E-state index contributed by atoms with van der Waals surface area (Å²) in [5.41, 5.74) is 1.93. The van der Waals surface area contributed by atoms with Crippen molar-refractivity contribution in [3.05, 3.63) is 35.4 Å². The molecule has 0 radical (unpaired) electrons. The standard InChI is InChI=1S/C16H25N3/c1-12(2)16(19(4)5)11-18-13(3)15-8-6-14(10-17)7-9-15/h6-9,12-13,16,18H,11H2,1-5H3. The lowest BCUT2D eigenvalue weighted by atomic mass is 10.0. The minimum atomic E-state index is 0.300.